The number of thioether (sulfide) groups is 1. The molecular weight excluding hydrogens is 1060 g/mol. The number of hydrogen-bond acceptors (Lipinski definition) is 22. The maximum Gasteiger partial charge on any atom is 0.274 e. The van der Waals surface area contributed by atoms with Gasteiger partial charge in [-0.05, 0) is 70.3 Å². The van der Waals surface area contributed by atoms with Crippen molar-refractivity contribution in [3.63, 3.8) is 0 Å². The first-order valence-electron chi connectivity index (χ1n) is 24.1. The van der Waals surface area contributed by atoms with Crippen molar-refractivity contribution in [2.75, 3.05) is 37.8 Å². The lowest BCUT2D eigenvalue weighted by molar-refractivity contribution is -0.347. The molecule has 2 aromatic rings. The molecule has 3 heterocycles. The fraction of sp³-hybridized carbons (Fsp3) is 0.532. The van der Waals surface area contributed by atoms with Gasteiger partial charge in [-0.3, -0.25) is 28.1 Å². The summed E-state index contributed by atoms with van der Waals surface area (Å²) in [7, 11) is -17.6. The second-order valence-corrected chi connectivity index (χ2v) is 22.4. The van der Waals surface area contributed by atoms with E-state index in [-0.39, 0.29) is 41.6 Å². The van der Waals surface area contributed by atoms with Crippen LogP contribution in [0, 0.1) is 5.41 Å². The van der Waals surface area contributed by atoms with Gasteiger partial charge in [-0.25, -0.2) is 19.3 Å². The Kier molecular flexibility index (Phi) is 29.3. The normalized spacial score (nSPS) is 20.0. The Balaban J connectivity index is 1.26. The van der Waals surface area contributed by atoms with Gasteiger partial charge in [0.2, 0.25) is 16.9 Å². The number of phosphoric ester groups is 3. The summed E-state index contributed by atoms with van der Waals surface area (Å²) in [5.41, 5.74) is 4.07. The fourth-order valence-electron chi connectivity index (χ4n) is 6.65. The molecule has 0 saturated carbocycles. The zero-order chi connectivity index (χ0) is 55.3. The van der Waals surface area contributed by atoms with Gasteiger partial charge in [0.1, 0.15) is 36.3 Å². The Morgan fingerprint density at radius 3 is 2.01 bits per heavy atom. The van der Waals surface area contributed by atoms with Crippen molar-refractivity contribution in [1.82, 2.24) is 30.2 Å². The molecule has 1 aliphatic rings. The number of carbonyl (C=O) groups excluding carboxylic acids is 3. The van der Waals surface area contributed by atoms with Crippen molar-refractivity contribution in [2.45, 2.75) is 122 Å². The van der Waals surface area contributed by atoms with E-state index in [0.717, 1.165) is 93.2 Å². The van der Waals surface area contributed by atoms with Crippen LogP contribution in [0.25, 0.3) is 11.2 Å². The van der Waals surface area contributed by atoms with E-state index in [9.17, 15) is 57.9 Å². The maximum atomic E-state index is 12.7. The number of fused-ring (bicyclic) bond motifs is 1. The maximum absolute atomic E-state index is 12.7. The molecule has 1 aliphatic heterocycles. The van der Waals surface area contributed by atoms with Gasteiger partial charge < -0.3 is 69.0 Å². The molecule has 24 nitrogen and oxygen atoms in total. The first-order chi connectivity index (χ1) is 35.6. The predicted molar refractivity (Wildman–Crippen MR) is 274 cm³/mol. The van der Waals surface area contributed by atoms with Crippen molar-refractivity contribution in [3.05, 3.63) is 97.7 Å². The summed E-state index contributed by atoms with van der Waals surface area (Å²) in [5, 5.41) is 26.3. The number of aliphatic hydroxyl groups excluding tert-OH is 2. The quantitative estimate of drug-likeness (QED) is 0.0279. The Labute approximate surface area is 441 Å². The molecule has 75 heavy (non-hydrogen) atoms. The summed E-state index contributed by atoms with van der Waals surface area (Å²) in [6, 6.07) is 0. The average Bonchev–Trinajstić information content (AvgIpc) is 3.91. The molecule has 0 radical (unpaired) electrons. The molecule has 1 saturated heterocycles. The number of aliphatic hydroxyl groups is 2. The molecule has 7 atom stereocenters. The van der Waals surface area contributed by atoms with Crippen LogP contribution in [0.5, 0.6) is 0 Å². The standard InChI is InChI=1S/C47H72N7O17P3S/c1-4-5-6-7-8-9-10-11-12-13-14-15-16-17-18-19-20-21-22-23-24-25-26-27-38(56)75-31-30-49-37(55)28-29-50-45(59)42(58)47(2,3)33-68-74(65,66)71-73(63,64)67-32-36-41(70-72(60,61)62)40(57)46(69-36)54-35-53-39-43(48)51-34-52-44(39)54/h5-6,8-9,11-12,14-15,17-18,20-21,26-27,34-36,40-42,46,57-58H,4,7,10,13,16,19,22-25,28-33H2,1-3H3,(H,49,55)(H,50,59)(H,63,64)(H,65,66)(H2,48,51,52)(H2,60,61,62)/p-4/b6-5-,9-8-,12-11-,15-14-,18-17-,21-20-,27-26+/t36-,40-,41-,42+,46-/m1/s1. The Hall–Kier alpha value is -4.26. The van der Waals surface area contributed by atoms with Crippen LogP contribution < -0.4 is 35.9 Å². The van der Waals surface area contributed by atoms with Crippen LogP contribution in [-0.4, -0.2) is 103 Å². The minimum absolute atomic E-state index is 0.0228. The Morgan fingerprint density at radius 2 is 1.41 bits per heavy atom. The highest BCUT2D eigenvalue weighted by Gasteiger charge is 2.47. The average molecular weight is 1130 g/mol. The van der Waals surface area contributed by atoms with E-state index in [4.69, 9.17) is 10.5 Å². The first-order valence-corrected chi connectivity index (χ1v) is 29.5. The number of nitrogens with zero attached hydrogens (tertiary/aromatic N) is 4. The topological polar surface area (TPSA) is 375 Å². The Morgan fingerprint density at radius 1 is 0.840 bits per heavy atom. The largest absolute Gasteiger partial charge is 0.790 e. The van der Waals surface area contributed by atoms with Crippen LogP contribution in [-0.2, 0) is 50.7 Å². The van der Waals surface area contributed by atoms with Crippen molar-refractivity contribution in [2.24, 2.45) is 5.41 Å². The predicted octanol–water partition coefficient (Wildman–Crippen LogP) is 3.95. The van der Waals surface area contributed by atoms with Gasteiger partial charge in [0.05, 0.1) is 27.4 Å². The van der Waals surface area contributed by atoms with Gasteiger partial charge >= 0.3 is 0 Å². The van der Waals surface area contributed by atoms with E-state index in [1.807, 2.05) is 6.08 Å². The van der Waals surface area contributed by atoms with Gasteiger partial charge in [-0.1, -0.05) is 112 Å². The van der Waals surface area contributed by atoms with E-state index in [2.05, 4.69) is 123 Å². The van der Waals surface area contributed by atoms with Crippen molar-refractivity contribution < 1.29 is 80.5 Å². The van der Waals surface area contributed by atoms with E-state index in [1.165, 1.54) is 19.9 Å². The van der Waals surface area contributed by atoms with Gasteiger partial charge in [0.15, 0.2) is 17.7 Å². The highest BCUT2D eigenvalue weighted by molar-refractivity contribution is 8.14. The molecule has 3 rings (SSSR count). The number of hydrogen-bond donors (Lipinski definition) is 5. The molecule has 0 aromatic carbocycles. The summed E-state index contributed by atoms with van der Waals surface area (Å²) in [6.45, 7) is 2.20. The molecule has 0 aliphatic carbocycles. The van der Waals surface area contributed by atoms with E-state index < -0.39 is 84.6 Å². The van der Waals surface area contributed by atoms with Crippen LogP contribution >= 0.6 is 35.2 Å². The van der Waals surface area contributed by atoms with Crippen LogP contribution in [0.15, 0.2) is 97.7 Å². The molecule has 0 bridgehead atoms. The second-order valence-electron chi connectivity index (χ2n) is 17.3. The third-order valence-electron chi connectivity index (χ3n) is 10.6. The fourth-order valence-corrected chi connectivity index (χ4v) is 9.98. The molecule has 2 aromatic heterocycles. The highest BCUT2D eigenvalue weighted by Crippen LogP contribution is 2.56. The molecular formula is C47H68N7O17P3S-4. The van der Waals surface area contributed by atoms with E-state index in [1.54, 1.807) is 0 Å². The SMILES string of the molecule is CC/C=C\C/C=C\C/C=C\C/C=C\C/C=C\C/C=C\CCCC/C=C/C(=O)SCCNC(=O)CCNC(=O)[C@H](O)C(C)(C)COP(=O)([O-])OP(=O)([O-])OC[C@H]1O[C@@H](n2cnc3c(N)ncnc32)[C@H](O)[C@@H]1OP(=O)([O-])[O-]. The number of aromatic nitrogens is 4. The van der Waals surface area contributed by atoms with Crippen LogP contribution in [0.2, 0.25) is 0 Å². The molecule has 0 spiro atoms. The number of nitrogen functional groups attached to an aromatic ring is 1. The number of carbonyl (C=O) groups is 3. The third-order valence-corrected chi connectivity index (χ3v) is 14.4. The summed E-state index contributed by atoms with van der Waals surface area (Å²) < 4.78 is 60.9. The van der Waals surface area contributed by atoms with Gasteiger partial charge in [-0.15, -0.1) is 0 Å². The zero-order valence-corrected chi connectivity index (χ0v) is 45.6. The highest BCUT2D eigenvalue weighted by atomic mass is 32.2. The summed E-state index contributed by atoms with van der Waals surface area (Å²) in [4.78, 5) is 96.9. The number of amides is 2. The molecule has 6 N–H and O–H groups in total. The van der Waals surface area contributed by atoms with Gasteiger partial charge in [0.25, 0.3) is 15.6 Å². The second kappa shape index (κ2) is 33.8. The molecule has 2 unspecified atom stereocenters. The van der Waals surface area contributed by atoms with Gasteiger partial charge in [0, 0.05) is 30.7 Å². The summed E-state index contributed by atoms with van der Waals surface area (Å²) in [6.07, 6.45) is 31.2. The molecule has 418 valence electrons. The smallest absolute Gasteiger partial charge is 0.274 e. The summed E-state index contributed by atoms with van der Waals surface area (Å²) >= 11 is 1.04. The van der Waals surface area contributed by atoms with Crippen molar-refractivity contribution in [3.8, 4) is 0 Å². The van der Waals surface area contributed by atoms with Gasteiger partial charge in [-0.2, -0.15) is 0 Å². The van der Waals surface area contributed by atoms with E-state index >= 15 is 0 Å². The number of anilines is 1. The monoisotopic (exact) mass is 1130 g/mol. The number of imidazole rings is 1. The zero-order valence-electron chi connectivity index (χ0n) is 42.1. The number of phosphoric acid groups is 3. The van der Waals surface area contributed by atoms with Crippen LogP contribution in [0.3, 0.4) is 0 Å². The molecule has 1 fully saturated rings. The number of rotatable bonds is 36. The van der Waals surface area contributed by atoms with Crippen molar-refractivity contribution >= 4 is 69.1 Å². The summed E-state index contributed by atoms with van der Waals surface area (Å²) in [5.74, 6) is -1.25. The minimum atomic E-state index is -5.93. The lowest BCUT2D eigenvalue weighted by atomic mass is 9.87. The number of ether oxygens (including phenoxy) is 1. The van der Waals surface area contributed by atoms with Crippen LogP contribution in [0.4, 0.5) is 5.82 Å². The first kappa shape index (κ1) is 65.0. The number of nitrogens with two attached hydrogens (primary N) is 1. The van der Waals surface area contributed by atoms with E-state index in [0.29, 0.717) is 5.75 Å². The lowest BCUT2D eigenvalue weighted by Crippen LogP contribution is -2.46. The minimum Gasteiger partial charge on any atom is -0.790 e. The number of unbranched alkanes of at least 4 members (excludes halogenated alkanes) is 3. The number of nitrogens with one attached hydrogen (secondary N) is 2. The van der Waals surface area contributed by atoms with Crippen LogP contribution in [0.1, 0.15) is 97.6 Å². The Bertz CT molecular complexity index is 2480. The molecule has 28 heteroatoms. The lowest BCUT2D eigenvalue weighted by Gasteiger charge is -2.36. The third kappa shape index (κ3) is 26.1. The number of allylic oxidation sites excluding steroid dienone is 13. The molecule has 2 amide bonds. The van der Waals surface area contributed by atoms with Crippen molar-refractivity contribution in [1.29, 1.82) is 0 Å².